The van der Waals surface area contributed by atoms with Crippen LogP contribution in [0.2, 0.25) is 5.02 Å². The Kier molecular flexibility index (Phi) is 2.95. The van der Waals surface area contributed by atoms with Gasteiger partial charge in [0, 0.05) is 5.02 Å². The van der Waals surface area contributed by atoms with Crippen LogP contribution in [-0.2, 0) is 10.0 Å². The molecule has 13 heavy (non-hydrogen) atoms. The van der Waals surface area contributed by atoms with E-state index in [4.69, 9.17) is 16.7 Å². The van der Waals surface area contributed by atoms with Crippen molar-refractivity contribution in [1.29, 1.82) is 0 Å². The molecule has 0 amide bonds. The van der Waals surface area contributed by atoms with Crippen molar-refractivity contribution in [1.82, 2.24) is 0 Å². The second-order valence-electron chi connectivity index (χ2n) is 2.79. The summed E-state index contributed by atoms with van der Waals surface area (Å²) in [6.45, 7) is 1.53. The summed E-state index contributed by atoms with van der Waals surface area (Å²) in [5, 5.41) is 4.78. The fourth-order valence-electron chi connectivity index (χ4n) is 0.949. The molecule has 0 unspecified atom stereocenters. The summed E-state index contributed by atoms with van der Waals surface area (Å²) in [5.41, 5.74) is 0.606. The fourth-order valence-corrected chi connectivity index (χ4v) is 1.67. The number of primary sulfonamides is 1. The average molecular weight is 220 g/mol. The molecule has 1 aromatic carbocycles. The number of hydrogen-bond donors (Lipinski definition) is 1. The predicted molar refractivity (Wildman–Crippen MR) is 53.0 cm³/mol. The van der Waals surface area contributed by atoms with Gasteiger partial charge in [-0.2, -0.15) is 0 Å². The Morgan fingerprint density at radius 3 is 2.54 bits per heavy atom. The van der Waals surface area contributed by atoms with Crippen LogP contribution in [0, 0.1) is 0 Å². The smallest absolute Gasteiger partial charge is 0.215 e. The minimum absolute atomic E-state index is 0.507. The van der Waals surface area contributed by atoms with Gasteiger partial charge in [-0.05, 0) is 24.6 Å². The van der Waals surface area contributed by atoms with Crippen LogP contribution < -0.4 is 5.14 Å². The highest BCUT2D eigenvalue weighted by molar-refractivity contribution is 7.89. The standard InChI is InChI=1S/C8H10ClNO2S/c1-6(13(10,11)12)7-3-2-4-8(9)5-7/h2-6H,1H3,(H2,10,11,12)/t6-/m0/s1. The van der Waals surface area contributed by atoms with Crippen molar-refractivity contribution in [3.05, 3.63) is 34.9 Å². The Bertz CT molecular complexity index is 402. The normalized spacial score (nSPS) is 14.1. The van der Waals surface area contributed by atoms with Crippen LogP contribution in [-0.4, -0.2) is 8.42 Å². The summed E-state index contributed by atoms with van der Waals surface area (Å²) in [5.74, 6) is 0. The highest BCUT2D eigenvalue weighted by Gasteiger charge is 2.17. The molecular weight excluding hydrogens is 210 g/mol. The van der Waals surface area contributed by atoms with Gasteiger partial charge in [-0.15, -0.1) is 0 Å². The van der Waals surface area contributed by atoms with E-state index >= 15 is 0 Å². The number of benzene rings is 1. The van der Waals surface area contributed by atoms with Crippen molar-refractivity contribution in [2.24, 2.45) is 5.14 Å². The third kappa shape index (κ3) is 2.69. The minimum Gasteiger partial charge on any atom is -0.228 e. The number of sulfonamides is 1. The second kappa shape index (κ2) is 3.65. The van der Waals surface area contributed by atoms with E-state index in [1.807, 2.05) is 0 Å². The second-order valence-corrected chi connectivity index (χ2v) is 5.11. The molecule has 0 aliphatic heterocycles. The molecule has 1 atom stereocenters. The molecular formula is C8H10ClNO2S. The Labute approximate surface area is 82.6 Å². The van der Waals surface area contributed by atoms with Crippen molar-refractivity contribution in [2.45, 2.75) is 12.2 Å². The Morgan fingerprint density at radius 2 is 2.08 bits per heavy atom. The van der Waals surface area contributed by atoms with Crippen molar-refractivity contribution in [3.63, 3.8) is 0 Å². The lowest BCUT2D eigenvalue weighted by molar-refractivity contribution is 0.588. The molecule has 0 aromatic heterocycles. The molecule has 0 saturated carbocycles. The van der Waals surface area contributed by atoms with Crippen LogP contribution in [0.3, 0.4) is 0 Å². The van der Waals surface area contributed by atoms with Crippen LogP contribution in [0.25, 0.3) is 0 Å². The summed E-state index contributed by atoms with van der Waals surface area (Å²) in [4.78, 5) is 0. The quantitative estimate of drug-likeness (QED) is 0.823. The zero-order chi connectivity index (χ0) is 10.1. The predicted octanol–water partition coefficient (Wildman–Crippen LogP) is 1.69. The van der Waals surface area contributed by atoms with Gasteiger partial charge in [0.1, 0.15) is 0 Å². The highest BCUT2D eigenvalue weighted by Crippen LogP contribution is 2.21. The summed E-state index contributed by atoms with van der Waals surface area (Å²) in [6, 6.07) is 6.65. The van der Waals surface area contributed by atoms with E-state index in [-0.39, 0.29) is 0 Å². The largest absolute Gasteiger partial charge is 0.228 e. The molecule has 0 radical (unpaired) electrons. The van der Waals surface area contributed by atoms with Crippen molar-refractivity contribution < 1.29 is 8.42 Å². The molecule has 0 bridgehead atoms. The van der Waals surface area contributed by atoms with Gasteiger partial charge < -0.3 is 0 Å². The molecule has 0 aliphatic rings. The Balaban J connectivity index is 3.10. The van der Waals surface area contributed by atoms with Gasteiger partial charge in [-0.3, -0.25) is 0 Å². The molecule has 5 heteroatoms. The average Bonchev–Trinajstić information content (AvgIpc) is 2.01. The van der Waals surface area contributed by atoms with Crippen LogP contribution in [0.1, 0.15) is 17.7 Å². The Hall–Kier alpha value is -0.580. The van der Waals surface area contributed by atoms with Crippen molar-refractivity contribution in [3.8, 4) is 0 Å². The third-order valence-corrected chi connectivity index (χ3v) is 3.30. The fraction of sp³-hybridized carbons (Fsp3) is 0.250. The lowest BCUT2D eigenvalue weighted by Crippen LogP contribution is -2.19. The first-order chi connectivity index (χ1) is 5.91. The van der Waals surface area contributed by atoms with E-state index in [0.717, 1.165) is 0 Å². The molecule has 0 fully saturated rings. The molecule has 3 nitrogen and oxygen atoms in total. The SMILES string of the molecule is C[C@@H](c1cccc(Cl)c1)S(N)(=O)=O. The first-order valence-electron chi connectivity index (χ1n) is 3.68. The van der Waals surface area contributed by atoms with E-state index in [1.54, 1.807) is 24.3 Å². The number of rotatable bonds is 2. The maximum atomic E-state index is 11.0. The number of hydrogen-bond acceptors (Lipinski definition) is 2. The van der Waals surface area contributed by atoms with Crippen molar-refractivity contribution >= 4 is 21.6 Å². The number of nitrogens with two attached hydrogens (primary N) is 1. The summed E-state index contributed by atoms with van der Waals surface area (Å²) >= 11 is 5.70. The molecule has 1 aromatic rings. The summed E-state index contributed by atoms with van der Waals surface area (Å²) in [6.07, 6.45) is 0. The van der Waals surface area contributed by atoms with Gasteiger partial charge in [0.15, 0.2) is 0 Å². The maximum absolute atomic E-state index is 11.0. The highest BCUT2D eigenvalue weighted by atomic mass is 35.5. The van der Waals surface area contributed by atoms with E-state index in [9.17, 15) is 8.42 Å². The number of halogens is 1. The molecule has 0 aliphatic carbocycles. The maximum Gasteiger partial charge on any atom is 0.215 e. The first kappa shape index (κ1) is 10.5. The first-order valence-corrected chi connectivity index (χ1v) is 5.67. The molecule has 72 valence electrons. The van der Waals surface area contributed by atoms with Gasteiger partial charge >= 0.3 is 0 Å². The van der Waals surface area contributed by atoms with E-state index < -0.39 is 15.3 Å². The minimum atomic E-state index is -3.53. The Morgan fingerprint density at radius 1 is 1.46 bits per heavy atom. The zero-order valence-electron chi connectivity index (χ0n) is 7.07. The lowest BCUT2D eigenvalue weighted by atomic mass is 10.2. The topological polar surface area (TPSA) is 60.2 Å². The van der Waals surface area contributed by atoms with E-state index in [1.165, 1.54) is 6.92 Å². The molecule has 1 rings (SSSR count). The molecule has 0 saturated heterocycles. The van der Waals surface area contributed by atoms with Crippen LogP contribution in [0.15, 0.2) is 24.3 Å². The van der Waals surface area contributed by atoms with Crippen LogP contribution in [0.4, 0.5) is 0 Å². The van der Waals surface area contributed by atoms with Crippen molar-refractivity contribution in [2.75, 3.05) is 0 Å². The van der Waals surface area contributed by atoms with Gasteiger partial charge in [-0.25, -0.2) is 13.6 Å². The molecule has 0 spiro atoms. The third-order valence-electron chi connectivity index (χ3n) is 1.81. The van der Waals surface area contributed by atoms with Gasteiger partial charge in [-0.1, -0.05) is 23.7 Å². The van der Waals surface area contributed by atoms with Gasteiger partial charge in [0.2, 0.25) is 10.0 Å². The summed E-state index contributed by atoms with van der Waals surface area (Å²) in [7, 11) is -3.53. The van der Waals surface area contributed by atoms with E-state index in [2.05, 4.69) is 0 Å². The molecule has 0 heterocycles. The van der Waals surface area contributed by atoms with Crippen LogP contribution in [0.5, 0.6) is 0 Å². The van der Waals surface area contributed by atoms with Gasteiger partial charge in [0.25, 0.3) is 0 Å². The molecule has 2 N–H and O–H groups in total. The van der Waals surface area contributed by atoms with Gasteiger partial charge in [0.05, 0.1) is 5.25 Å². The van der Waals surface area contributed by atoms with E-state index in [0.29, 0.717) is 10.6 Å². The monoisotopic (exact) mass is 219 g/mol. The summed E-state index contributed by atoms with van der Waals surface area (Å²) < 4.78 is 22.0. The lowest BCUT2D eigenvalue weighted by Gasteiger charge is -2.08. The zero-order valence-corrected chi connectivity index (χ0v) is 8.64. The van der Waals surface area contributed by atoms with Crippen LogP contribution >= 0.6 is 11.6 Å².